The summed E-state index contributed by atoms with van der Waals surface area (Å²) < 4.78 is 84.3. The summed E-state index contributed by atoms with van der Waals surface area (Å²) in [6.07, 6.45) is -10.7. The SMILES string of the molecule is C[C@H](C(=O)O)[C@@H](O)c1cccc(OCC2CN(Cc3cc(C(F)(F)F)ccc3C(F)(F)F)C2)c1. The standard InChI is InChI=1S/C23H23F6NO4/c1-13(21(32)33)20(31)15-3-2-4-18(8-15)34-12-14-9-30(10-14)11-16-7-17(22(24,25)26)5-6-19(16)23(27,28)29/h2-8,13-14,20,31H,9-12H2,1H3,(H,32,33)/t13-,20+/m0/s1. The summed E-state index contributed by atoms with van der Waals surface area (Å²) in [4.78, 5) is 12.7. The van der Waals surface area contributed by atoms with E-state index in [0.29, 0.717) is 42.6 Å². The van der Waals surface area contributed by atoms with Crippen LogP contribution in [0.2, 0.25) is 0 Å². The maximum absolute atomic E-state index is 13.2. The average Bonchev–Trinajstić information content (AvgIpc) is 2.72. The van der Waals surface area contributed by atoms with Crippen molar-refractivity contribution in [1.29, 1.82) is 0 Å². The fraction of sp³-hybridized carbons (Fsp3) is 0.435. The average molecular weight is 491 g/mol. The molecule has 0 aliphatic carbocycles. The number of aliphatic hydroxyl groups excluding tert-OH is 1. The summed E-state index contributed by atoms with van der Waals surface area (Å²) >= 11 is 0. The van der Waals surface area contributed by atoms with Crippen molar-refractivity contribution in [3.05, 3.63) is 64.7 Å². The van der Waals surface area contributed by atoms with Gasteiger partial charge in [-0.3, -0.25) is 9.69 Å². The quantitative estimate of drug-likeness (QED) is 0.510. The zero-order chi connectivity index (χ0) is 25.3. The number of rotatable bonds is 8. The maximum Gasteiger partial charge on any atom is 0.416 e. The number of halogens is 6. The molecule has 3 rings (SSSR count). The highest BCUT2D eigenvalue weighted by atomic mass is 19.4. The Morgan fingerprint density at radius 1 is 1.09 bits per heavy atom. The van der Waals surface area contributed by atoms with Crippen molar-refractivity contribution < 1.29 is 46.1 Å². The molecule has 34 heavy (non-hydrogen) atoms. The molecule has 1 heterocycles. The molecule has 0 saturated carbocycles. The molecule has 186 valence electrons. The number of hydrogen-bond donors (Lipinski definition) is 2. The van der Waals surface area contributed by atoms with E-state index in [0.717, 1.165) is 0 Å². The first-order valence-electron chi connectivity index (χ1n) is 10.4. The second kappa shape index (κ2) is 9.83. The van der Waals surface area contributed by atoms with Crippen LogP contribution >= 0.6 is 0 Å². The van der Waals surface area contributed by atoms with E-state index in [1.54, 1.807) is 23.1 Å². The van der Waals surface area contributed by atoms with Crippen molar-refractivity contribution in [3.8, 4) is 5.75 Å². The Morgan fingerprint density at radius 2 is 1.76 bits per heavy atom. The van der Waals surface area contributed by atoms with Crippen molar-refractivity contribution in [3.63, 3.8) is 0 Å². The first-order valence-corrected chi connectivity index (χ1v) is 10.4. The molecule has 0 amide bonds. The Kier molecular flexibility index (Phi) is 7.47. The van der Waals surface area contributed by atoms with E-state index in [4.69, 9.17) is 9.84 Å². The van der Waals surface area contributed by atoms with Crippen LogP contribution in [0.25, 0.3) is 0 Å². The Hall–Kier alpha value is -2.79. The van der Waals surface area contributed by atoms with Crippen LogP contribution in [0.3, 0.4) is 0 Å². The van der Waals surface area contributed by atoms with Gasteiger partial charge < -0.3 is 14.9 Å². The van der Waals surface area contributed by atoms with Crippen molar-refractivity contribution in [1.82, 2.24) is 4.90 Å². The summed E-state index contributed by atoms with van der Waals surface area (Å²) in [5.41, 5.74) is -2.29. The minimum atomic E-state index is -4.76. The van der Waals surface area contributed by atoms with E-state index >= 15 is 0 Å². The molecule has 1 fully saturated rings. The lowest BCUT2D eigenvalue weighted by atomic mass is 9.97. The first kappa shape index (κ1) is 25.8. The van der Waals surface area contributed by atoms with Crippen LogP contribution in [0.4, 0.5) is 26.3 Å². The van der Waals surface area contributed by atoms with Gasteiger partial charge in [0.05, 0.1) is 29.8 Å². The molecule has 2 aromatic carbocycles. The van der Waals surface area contributed by atoms with E-state index < -0.39 is 47.0 Å². The van der Waals surface area contributed by atoms with Crippen molar-refractivity contribution in [2.45, 2.75) is 31.9 Å². The number of carbonyl (C=O) groups is 1. The van der Waals surface area contributed by atoms with Gasteiger partial charge in [-0.15, -0.1) is 0 Å². The number of likely N-dealkylation sites (tertiary alicyclic amines) is 1. The monoisotopic (exact) mass is 491 g/mol. The second-order valence-corrected chi connectivity index (χ2v) is 8.38. The van der Waals surface area contributed by atoms with Crippen LogP contribution in [-0.2, 0) is 23.7 Å². The van der Waals surface area contributed by atoms with E-state index in [1.807, 2.05) is 0 Å². The number of nitrogens with zero attached hydrogens (tertiary/aromatic N) is 1. The van der Waals surface area contributed by atoms with Crippen molar-refractivity contribution >= 4 is 5.97 Å². The van der Waals surface area contributed by atoms with E-state index in [-0.39, 0.29) is 19.1 Å². The van der Waals surface area contributed by atoms with Gasteiger partial charge in [0.2, 0.25) is 0 Å². The molecular weight excluding hydrogens is 468 g/mol. The van der Waals surface area contributed by atoms with Crippen LogP contribution < -0.4 is 4.74 Å². The Morgan fingerprint density at radius 3 is 2.35 bits per heavy atom. The van der Waals surface area contributed by atoms with Gasteiger partial charge in [0.25, 0.3) is 0 Å². The highest BCUT2D eigenvalue weighted by Gasteiger charge is 2.38. The van der Waals surface area contributed by atoms with Gasteiger partial charge in [-0.1, -0.05) is 12.1 Å². The normalized spacial score (nSPS) is 17.2. The molecule has 1 saturated heterocycles. The highest BCUT2D eigenvalue weighted by Crippen LogP contribution is 2.37. The third kappa shape index (κ3) is 6.20. The lowest BCUT2D eigenvalue weighted by Crippen LogP contribution is -2.48. The summed E-state index contributed by atoms with van der Waals surface area (Å²) in [6, 6.07) is 7.74. The number of benzene rings is 2. The molecule has 2 aromatic rings. The van der Waals surface area contributed by atoms with Crippen LogP contribution in [0.1, 0.15) is 35.3 Å². The maximum atomic E-state index is 13.2. The molecule has 11 heteroatoms. The van der Waals surface area contributed by atoms with Crippen LogP contribution in [-0.4, -0.2) is 40.8 Å². The molecular formula is C23H23F6NO4. The van der Waals surface area contributed by atoms with Crippen LogP contribution in [0.5, 0.6) is 5.75 Å². The summed E-state index contributed by atoms with van der Waals surface area (Å²) in [5, 5.41) is 19.2. The smallest absolute Gasteiger partial charge is 0.416 e. The van der Waals surface area contributed by atoms with Crippen molar-refractivity contribution in [2.24, 2.45) is 11.8 Å². The molecule has 1 aliphatic heterocycles. The lowest BCUT2D eigenvalue weighted by molar-refractivity contribution is -0.145. The fourth-order valence-corrected chi connectivity index (χ4v) is 3.76. The minimum Gasteiger partial charge on any atom is -0.493 e. The van der Waals surface area contributed by atoms with Gasteiger partial charge in [-0.25, -0.2) is 0 Å². The summed E-state index contributed by atoms with van der Waals surface area (Å²) in [5.74, 6) is -1.83. The van der Waals surface area contributed by atoms with Gasteiger partial charge in [0, 0.05) is 25.6 Å². The molecule has 2 N–H and O–H groups in total. The molecule has 0 bridgehead atoms. The fourth-order valence-electron chi connectivity index (χ4n) is 3.76. The van der Waals surface area contributed by atoms with Gasteiger partial charge in [0.1, 0.15) is 5.75 Å². The first-order chi connectivity index (χ1) is 15.8. The molecule has 0 spiro atoms. The number of carboxylic acids is 1. The molecule has 0 unspecified atom stereocenters. The van der Waals surface area contributed by atoms with Crippen molar-refractivity contribution in [2.75, 3.05) is 19.7 Å². The molecule has 0 radical (unpaired) electrons. The Labute approximate surface area is 191 Å². The Balaban J connectivity index is 1.58. The number of aliphatic carboxylic acids is 1. The second-order valence-electron chi connectivity index (χ2n) is 8.38. The zero-order valence-electron chi connectivity index (χ0n) is 18.0. The number of hydrogen-bond acceptors (Lipinski definition) is 4. The summed E-state index contributed by atoms with van der Waals surface area (Å²) in [7, 11) is 0. The predicted octanol–water partition coefficient (Wildman–Crippen LogP) is 4.99. The highest BCUT2D eigenvalue weighted by molar-refractivity contribution is 5.70. The van der Waals surface area contributed by atoms with Gasteiger partial charge in [-0.05, 0) is 48.4 Å². The van der Waals surface area contributed by atoms with Gasteiger partial charge >= 0.3 is 18.3 Å². The number of ether oxygens (including phenoxy) is 1. The number of alkyl halides is 6. The topological polar surface area (TPSA) is 70.0 Å². The molecule has 0 aromatic heterocycles. The predicted molar refractivity (Wildman–Crippen MR) is 109 cm³/mol. The van der Waals surface area contributed by atoms with Crippen LogP contribution in [0, 0.1) is 11.8 Å². The largest absolute Gasteiger partial charge is 0.493 e. The Bertz CT molecular complexity index is 1020. The number of aliphatic hydroxyl groups is 1. The lowest BCUT2D eigenvalue weighted by Gasteiger charge is -2.39. The van der Waals surface area contributed by atoms with Gasteiger partial charge in [0.15, 0.2) is 0 Å². The van der Waals surface area contributed by atoms with E-state index in [1.165, 1.54) is 13.0 Å². The molecule has 5 nitrogen and oxygen atoms in total. The van der Waals surface area contributed by atoms with Gasteiger partial charge in [-0.2, -0.15) is 26.3 Å². The number of carboxylic acid groups (broad SMARTS) is 1. The van der Waals surface area contributed by atoms with Crippen LogP contribution in [0.15, 0.2) is 42.5 Å². The van der Waals surface area contributed by atoms with E-state index in [9.17, 15) is 36.2 Å². The minimum absolute atomic E-state index is 0.0494. The zero-order valence-corrected chi connectivity index (χ0v) is 18.0. The molecule has 2 atom stereocenters. The molecule has 1 aliphatic rings. The van der Waals surface area contributed by atoms with E-state index in [2.05, 4.69) is 0 Å². The summed E-state index contributed by atoms with van der Waals surface area (Å²) in [6.45, 7) is 1.99. The third-order valence-corrected chi connectivity index (χ3v) is 5.71. The third-order valence-electron chi connectivity index (χ3n) is 5.71.